The summed E-state index contributed by atoms with van der Waals surface area (Å²) in [7, 11) is -4.72. The van der Waals surface area contributed by atoms with E-state index in [1.165, 1.54) is 24.6 Å². The summed E-state index contributed by atoms with van der Waals surface area (Å²) in [5.41, 5.74) is -0.748. The molecular formula is C9H13Li2N2O6P. The molecule has 0 radical (unpaired) electrons. The molecule has 1 aromatic rings. The Balaban J connectivity index is 0. The van der Waals surface area contributed by atoms with Gasteiger partial charge in [0.2, 0.25) is 0 Å². The first kappa shape index (κ1) is 22.3. The van der Waals surface area contributed by atoms with E-state index in [4.69, 9.17) is 4.74 Å². The fourth-order valence-corrected chi connectivity index (χ4v) is 1.74. The molecule has 0 aromatic carbocycles. The van der Waals surface area contributed by atoms with Gasteiger partial charge in [-0.2, -0.15) is 0 Å². The summed E-state index contributed by atoms with van der Waals surface area (Å²) in [6, 6.07) is 0. The van der Waals surface area contributed by atoms with Crippen LogP contribution in [-0.2, 0) is 15.8 Å². The van der Waals surface area contributed by atoms with Crippen LogP contribution in [0.3, 0.4) is 0 Å². The maximum Gasteiger partial charge on any atom is 1.00 e. The first-order valence-electron chi connectivity index (χ1n) is 5.12. The molecule has 0 bridgehead atoms. The fourth-order valence-electron chi connectivity index (χ4n) is 1.30. The molecule has 0 saturated carbocycles. The molecule has 0 amide bonds. The summed E-state index contributed by atoms with van der Waals surface area (Å²) in [5.74, 6) is 0. The third kappa shape index (κ3) is 7.68. The van der Waals surface area contributed by atoms with Crippen LogP contribution in [0.1, 0.15) is 12.5 Å². The number of nitrogens with one attached hydrogen (secondary N) is 1. The van der Waals surface area contributed by atoms with Crippen molar-refractivity contribution in [2.75, 3.05) is 6.35 Å². The van der Waals surface area contributed by atoms with Crippen LogP contribution in [-0.4, -0.2) is 22.0 Å². The first-order valence-corrected chi connectivity index (χ1v) is 6.85. The van der Waals surface area contributed by atoms with Crippen LogP contribution in [0.5, 0.6) is 0 Å². The Kier molecular flexibility index (Phi) is 10.1. The van der Waals surface area contributed by atoms with E-state index in [0.29, 0.717) is 5.56 Å². The predicted octanol–water partition coefficient (Wildman–Crippen LogP) is -7.87. The van der Waals surface area contributed by atoms with E-state index in [-0.39, 0.29) is 44.3 Å². The Labute approximate surface area is 139 Å². The smallest absolute Gasteiger partial charge is 0.809 e. The Morgan fingerprint density at radius 3 is 2.45 bits per heavy atom. The van der Waals surface area contributed by atoms with E-state index in [1.807, 2.05) is 0 Å². The second kappa shape index (κ2) is 9.09. The van der Waals surface area contributed by atoms with Crippen LogP contribution in [0.2, 0.25) is 0 Å². The zero-order chi connectivity index (χ0) is 13.9. The number of aryl methyl sites for hydroxylation is 1. The largest absolute Gasteiger partial charge is 1.00 e. The second-order valence-corrected chi connectivity index (χ2v) is 5.42. The average Bonchev–Trinajstić information content (AvgIpc) is 2.22. The molecule has 20 heavy (non-hydrogen) atoms. The van der Waals surface area contributed by atoms with Gasteiger partial charge in [0, 0.05) is 11.8 Å². The summed E-state index contributed by atoms with van der Waals surface area (Å²) < 4.78 is 16.4. The van der Waals surface area contributed by atoms with E-state index in [1.54, 1.807) is 0 Å². The van der Waals surface area contributed by atoms with Gasteiger partial charge in [0.05, 0.1) is 19.0 Å². The van der Waals surface area contributed by atoms with E-state index in [0.717, 1.165) is 0 Å². The molecule has 0 aliphatic heterocycles. The van der Waals surface area contributed by atoms with E-state index < -0.39 is 31.3 Å². The van der Waals surface area contributed by atoms with Crippen molar-refractivity contribution in [2.45, 2.75) is 26.5 Å². The van der Waals surface area contributed by atoms with Crippen molar-refractivity contribution in [3.63, 3.8) is 0 Å². The Morgan fingerprint density at radius 1 is 1.40 bits per heavy atom. The Bertz CT molecular complexity index is 581. The van der Waals surface area contributed by atoms with Gasteiger partial charge in [0.25, 0.3) is 5.56 Å². The van der Waals surface area contributed by atoms with Crippen molar-refractivity contribution in [1.82, 2.24) is 9.55 Å². The number of rotatable bonds is 5. The minimum absolute atomic E-state index is 0. The van der Waals surface area contributed by atoms with Gasteiger partial charge in [0.15, 0.2) is 0 Å². The molecular weight excluding hydrogens is 277 g/mol. The van der Waals surface area contributed by atoms with Crippen LogP contribution in [0.15, 0.2) is 15.8 Å². The average molecular weight is 290 g/mol. The number of ether oxygens (including phenoxy) is 1. The van der Waals surface area contributed by atoms with Crippen molar-refractivity contribution in [3.8, 4) is 0 Å². The minimum atomic E-state index is -4.72. The monoisotopic (exact) mass is 290 g/mol. The predicted molar refractivity (Wildman–Crippen MR) is 59.1 cm³/mol. The normalized spacial score (nSPS) is 12.2. The van der Waals surface area contributed by atoms with Crippen LogP contribution >= 0.6 is 7.60 Å². The molecule has 0 unspecified atom stereocenters. The number of aromatic amines is 1. The topological polar surface area (TPSA) is 127 Å². The van der Waals surface area contributed by atoms with Gasteiger partial charge >= 0.3 is 43.4 Å². The van der Waals surface area contributed by atoms with Crippen molar-refractivity contribution in [2.24, 2.45) is 0 Å². The summed E-state index contributed by atoms with van der Waals surface area (Å²) in [6.45, 7) is 3.09. The zero-order valence-electron chi connectivity index (χ0n) is 11.9. The van der Waals surface area contributed by atoms with Gasteiger partial charge in [-0.05, 0) is 21.4 Å². The van der Waals surface area contributed by atoms with Gasteiger partial charge < -0.3 is 19.1 Å². The van der Waals surface area contributed by atoms with Crippen molar-refractivity contribution in [1.29, 1.82) is 0 Å². The quantitative estimate of drug-likeness (QED) is 0.424. The van der Waals surface area contributed by atoms with Gasteiger partial charge in [0.1, 0.15) is 0 Å². The van der Waals surface area contributed by atoms with Crippen molar-refractivity contribution < 1.29 is 56.8 Å². The number of hydrogen-bond donors (Lipinski definition) is 1. The molecule has 1 atom stereocenters. The first-order chi connectivity index (χ1) is 8.19. The van der Waals surface area contributed by atoms with Crippen LogP contribution in [0, 0.1) is 6.92 Å². The molecule has 1 rings (SSSR count). The Hall–Kier alpha value is -0.0152. The van der Waals surface area contributed by atoms with E-state index in [9.17, 15) is 23.9 Å². The molecule has 1 aromatic heterocycles. The SMILES string of the molecule is Cc1cn(C[C@@H](C)OCP(=O)([O-])[O-])c(=O)[nH]c1=O.[Li+].[Li+]. The fraction of sp³-hybridized carbons (Fsp3) is 0.556. The van der Waals surface area contributed by atoms with Gasteiger partial charge in [-0.25, -0.2) is 4.79 Å². The standard InChI is InChI=1S/C9H15N2O6P.2Li/c1-6-3-11(9(13)10-8(6)12)4-7(2)17-5-18(14,15)16;;/h3,7H,4-5H2,1-2H3,(H,10,12,13)(H2,14,15,16);;/q;2*+1/p-2/t7-;;/m1../s1. The number of aromatic nitrogens is 2. The zero-order valence-corrected chi connectivity index (χ0v) is 12.8. The molecule has 0 spiro atoms. The summed E-state index contributed by atoms with van der Waals surface area (Å²) >= 11 is 0. The number of hydrogen-bond acceptors (Lipinski definition) is 6. The van der Waals surface area contributed by atoms with E-state index in [2.05, 4.69) is 4.98 Å². The molecule has 0 fully saturated rings. The molecule has 1 heterocycles. The maximum absolute atomic E-state index is 11.4. The molecule has 0 saturated heterocycles. The number of nitrogens with zero attached hydrogens (tertiary/aromatic N) is 1. The Morgan fingerprint density at radius 2 is 1.95 bits per heavy atom. The summed E-state index contributed by atoms with van der Waals surface area (Å²) in [6.07, 6.45) is -0.232. The van der Waals surface area contributed by atoms with Gasteiger partial charge in [-0.1, -0.05) is 0 Å². The van der Waals surface area contributed by atoms with Crippen LogP contribution < -0.4 is 58.8 Å². The molecule has 102 valence electrons. The molecule has 11 heteroatoms. The molecule has 0 aliphatic rings. The third-order valence-electron chi connectivity index (χ3n) is 2.16. The maximum atomic E-state index is 11.4. The second-order valence-electron chi connectivity index (χ2n) is 3.94. The number of H-pyrrole nitrogens is 1. The van der Waals surface area contributed by atoms with E-state index >= 15 is 0 Å². The summed E-state index contributed by atoms with van der Waals surface area (Å²) in [4.78, 5) is 45.4. The van der Waals surface area contributed by atoms with Gasteiger partial charge in [-0.15, -0.1) is 0 Å². The molecule has 1 N–H and O–H groups in total. The van der Waals surface area contributed by atoms with Crippen molar-refractivity contribution in [3.05, 3.63) is 32.6 Å². The summed E-state index contributed by atoms with van der Waals surface area (Å²) in [5, 5.41) is 0. The van der Waals surface area contributed by atoms with Gasteiger partial charge in [-0.3, -0.25) is 14.3 Å². The third-order valence-corrected chi connectivity index (χ3v) is 2.63. The molecule has 8 nitrogen and oxygen atoms in total. The van der Waals surface area contributed by atoms with Crippen LogP contribution in [0.4, 0.5) is 0 Å². The molecule has 0 aliphatic carbocycles. The minimum Gasteiger partial charge on any atom is -0.809 e. The van der Waals surface area contributed by atoms with Crippen molar-refractivity contribution >= 4 is 7.60 Å². The van der Waals surface area contributed by atoms with Crippen LogP contribution in [0.25, 0.3) is 0 Å².